The van der Waals surface area contributed by atoms with Crippen molar-refractivity contribution < 1.29 is 0 Å². The van der Waals surface area contributed by atoms with Crippen molar-refractivity contribution in [2.75, 3.05) is 19.6 Å². The summed E-state index contributed by atoms with van der Waals surface area (Å²) in [6.07, 6.45) is 3.09. The number of nitrogens with zero attached hydrogens (tertiary/aromatic N) is 1. The lowest BCUT2D eigenvalue weighted by Crippen LogP contribution is -2.34. The van der Waals surface area contributed by atoms with Crippen LogP contribution in [0, 0.1) is 17.3 Å². The largest absolute Gasteiger partial charge is 0.303 e. The zero-order valence-electron chi connectivity index (χ0n) is 6.64. The molecule has 3 unspecified atom stereocenters. The first-order valence-corrected chi connectivity index (χ1v) is 4.59. The molecular weight excluding hydrogens is 122 g/mol. The van der Waals surface area contributed by atoms with Crippen LogP contribution in [0.25, 0.3) is 0 Å². The lowest BCUT2D eigenvalue weighted by molar-refractivity contribution is 0.183. The summed E-state index contributed by atoms with van der Waals surface area (Å²) in [5.74, 6) is 2.39. The van der Waals surface area contributed by atoms with Gasteiger partial charge in [0.1, 0.15) is 0 Å². The van der Waals surface area contributed by atoms with E-state index in [0.29, 0.717) is 0 Å². The molecule has 0 aromatic rings. The van der Waals surface area contributed by atoms with Crippen molar-refractivity contribution in [2.45, 2.75) is 19.8 Å². The van der Waals surface area contributed by atoms with Crippen LogP contribution in [0.2, 0.25) is 0 Å². The highest BCUT2D eigenvalue weighted by Gasteiger charge is 2.78. The highest BCUT2D eigenvalue weighted by Crippen LogP contribution is 2.82. The fourth-order valence-corrected chi connectivity index (χ4v) is 3.03. The van der Waals surface area contributed by atoms with E-state index in [2.05, 4.69) is 11.8 Å². The van der Waals surface area contributed by atoms with Crippen molar-refractivity contribution in [1.82, 2.24) is 4.90 Å². The summed E-state index contributed by atoms with van der Waals surface area (Å²) >= 11 is 0. The lowest BCUT2D eigenvalue weighted by atomic mass is 9.97. The third kappa shape index (κ3) is 0.460. The zero-order valence-corrected chi connectivity index (χ0v) is 6.64. The topological polar surface area (TPSA) is 3.24 Å². The second-order valence-electron chi connectivity index (χ2n) is 4.31. The molecule has 10 heavy (non-hydrogen) atoms. The van der Waals surface area contributed by atoms with Gasteiger partial charge in [0.2, 0.25) is 0 Å². The Morgan fingerprint density at radius 1 is 1.50 bits per heavy atom. The summed E-state index contributed by atoms with van der Waals surface area (Å²) in [5, 5.41) is 0. The minimum atomic E-state index is 0.911. The van der Waals surface area contributed by atoms with E-state index in [4.69, 9.17) is 0 Å². The summed E-state index contributed by atoms with van der Waals surface area (Å²) < 4.78 is 0. The predicted octanol–water partition coefficient (Wildman–Crippen LogP) is 1.35. The monoisotopic (exact) mass is 137 g/mol. The molecule has 0 N–H and O–H groups in total. The van der Waals surface area contributed by atoms with Crippen molar-refractivity contribution >= 4 is 0 Å². The second-order valence-corrected chi connectivity index (χ2v) is 4.31. The van der Waals surface area contributed by atoms with Crippen molar-refractivity contribution in [3.05, 3.63) is 0 Å². The zero-order chi connectivity index (χ0) is 6.77. The van der Waals surface area contributed by atoms with Crippen molar-refractivity contribution in [3.8, 4) is 0 Å². The molecule has 0 radical (unpaired) electrons. The molecule has 1 heterocycles. The Hall–Kier alpha value is -0.0400. The molecule has 1 aliphatic heterocycles. The molecule has 1 nitrogen and oxygen atoms in total. The summed E-state index contributed by atoms with van der Waals surface area (Å²) in [6.45, 7) is 6.40. The summed E-state index contributed by atoms with van der Waals surface area (Å²) in [7, 11) is 0. The number of fused-ring (bicyclic) bond motifs is 1. The van der Waals surface area contributed by atoms with E-state index < -0.39 is 0 Å². The third-order valence-corrected chi connectivity index (χ3v) is 4.01. The van der Waals surface area contributed by atoms with E-state index >= 15 is 0 Å². The molecule has 56 valence electrons. The predicted molar refractivity (Wildman–Crippen MR) is 40.8 cm³/mol. The first-order chi connectivity index (χ1) is 4.87. The first-order valence-electron chi connectivity index (χ1n) is 4.59. The van der Waals surface area contributed by atoms with Crippen LogP contribution in [0.5, 0.6) is 0 Å². The molecule has 1 heteroatoms. The van der Waals surface area contributed by atoms with Crippen LogP contribution in [-0.2, 0) is 0 Å². The van der Waals surface area contributed by atoms with Crippen LogP contribution in [0.4, 0.5) is 0 Å². The van der Waals surface area contributed by atoms with E-state index in [1.54, 1.807) is 6.42 Å². The van der Waals surface area contributed by atoms with Gasteiger partial charge in [-0.05, 0) is 43.2 Å². The molecule has 2 saturated carbocycles. The molecule has 0 amide bonds. The molecule has 3 aliphatic rings. The van der Waals surface area contributed by atoms with E-state index in [1.165, 1.54) is 37.9 Å². The fourth-order valence-electron chi connectivity index (χ4n) is 3.03. The van der Waals surface area contributed by atoms with Gasteiger partial charge in [-0.3, -0.25) is 0 Å². The van der Waals surface area contributed by atoms with Crippen molar-refractivity contribution in [1.29, 1.82) is 0 Å². The van der Waals surface area contributed by atoms with Crippen LogP contribution in [-0.4, -0.2) is 24.5 Å². The summed E-state index contributed by atoms with van der Waals surface area (Å²) in [4.78, 5) is 2.63. The highest BCUT2D eigenvalue weighted by molar-refractivity contribution is 5.27. The van der Waals surface area contributed by atoms with Gasteiger partial charge < -0.3 is 4.90 Å². The molecule has 0 aromatic heterocycles. The number of piperidine rings is 1. The van der Waals surface area contributed by atoms with Gasteiger partial charge in [-0.15, -0.1) is 0 Å². The maximum Gasteiger partial charge on any atom is 0.00435 e. The average molecular weight is 137 g/mol. The average Bonchev–Trinajstić information content (AvgIpc) is 2.74. The van der Waals surface area contributed by atoms with Crippen LogP contribution >= 0.6 is 0 Å². The standard InChI is InChI=1S/C9H15N/c1-2-10-4-3-7-8-5-9(7,8)6-10/h7-8H,2-6H2,1H3. The molecular formula is C9H15N. The van der Waals surface area contributed by atoms with E-state index in [1.807, 2.05) is 0 Å². The van der Waals surface area contributed by atoms with Crippen LogP contribution in [0.15, 0.2) is 0 Å². The fraction of sp³-hybridized carbons (Fsp3) is 1.00. The molecule has 3 fully saturated rings. The Morgan fingerprint density at radius 2 is 2.40 bits per heavy atom. The first kappa shape index (κ1) is 5.59. The highest BCUT2D eigenvalue weighted by atomic mass is 15.2. The molecule has 3 rings (SSSR count). The number of likely N-dealkylation sites (tertiary alicyclic amines) is 1. The number of hydrogen-bond acceptors (Lipinski definition) is 1. The summed E-state index contributed by atoms with van der Waals surface area (Å²) in [5.41, 5.74) is 0.911. The van der Waals surface area contributed by atoms with E-state index in [-0.39, 0.29) is 0 Å². The van der Waals surface area contributed by atoms with Gasteiger partial charge in [-0.25, -0.2) is 0 Å². The Bertz CT molecular complexity index is 178. The van der Waals surface area contributed by atoms with Crippen molar-refractivity contribution in [3.63, 3.8) is 0 Å². The molecule has 1 saturated heterocycles. The normalized spacial score (nSPS) is 57.3. The molecule has 3 atom stereocenters. The summed E-state index contributed by atoms with van der Waals surface area (Å²) in [6, 6.07) is 0. The quantitative estimate of drug-likeness (QED) is 0.527. The van der Waals surface area contributed by atoms with Gasteiger partial charge in [-0.1, -0.05) is 6.92 Å². The van der Waals surface area contributed by atoms with Gasteiger partial charge in [0, 0.05) is 6.54 Å². The minimum Gasteiger partial charge on any atom is -0.303 e. The Labute approximate surface area is 62.4 Å². The molecule has 1 spiro atoms. The van der Waals surface area contributed by atoms with Gasteiger partial charge in [0.15, 0.2) is 0 Å². The third-order valence-electron chi connectivity index (χ3n) is 4.01. The van der Waals surface area contributed by atoms with Gasteiger partial charge >= 0.3 is 0 Å². The van der Waals surface area contributed by atoms with Gasteiger partial charge in [0.25, 0.3) is 0 Å². The van der Waals surface area contributed by atoms with Crippen LogP contribution in [0.3, 0.4) is 0 Å². The second kappa shape index (κ2) is 1.42. The molecule has 0 aromatic carbocycles. The smallest absolute Gasteiger partial charge is 0.00435 e. The lowest BCUT2D eigenvalue weighted by Gasteiger charge is -2.29. The Morgan fingerprint density at radius 3 is 3.00 bits per heavy atom. The maximum atomic E-state index is 2.63. The SMILES string of the molecule is CCN1CCC2C3CC23C1. The maximum absolute atomic E-state index is 2.63. The minimum absolute atomic E-state index is 0.911. The molecule has 0 bridgehead atoms. The Balaban J connectivity index is 1.74. The Kier molecular flexibility index (Phi) is 0.797. The van der Waals surface area contributed by atoms with E-state index in [0.717, 1.165) is 5.41 Å². The van der Waals surface area contributed by atoms with Crippen LogP contribution in [0.1, 0.15) is 19.8 Å². The molecule has 2 aliphatic carbocycles. The van der Waals surface area contributed by atoms with Gasteiger partial charge in [-0.2, -0.15) is 0 Å². The van der Waals surface area contributed by atoms with Gasteiger partial charge in [0.05, 0.1) is 0 Å². The number of rotatable bonds is 1. The van der Waals surface area contributed by atoms with E-state index in [9.17, 15) is 0 Å². The van der Waals surface area contributed by atoms with Crippen molar-refractivity contribution in [2.24, 2.45) is 17.3 Å². The number of hydrogen-bond donors (Lipinski definition) is 0. The van der Waals surface area contributed by atoms with Crippen LogP contribution < -0.4 is 0 Å².